The van der Waals surface area contributed by atoms with Gasteiger partial charge in [0.25, 0.3) is 0 Å². The van der Waals surface area contributed by atoms with Crippen LogP contribution in [0, 0.1) is 5.92 Å². The van der Waals surface area contributed by atoms with Gasteiger partial charge in [-0.2, -0.15) is 13.2 Å². The second kappa shape index (κ2) is 10.2. The number of likely N-dealkylation sites (tertiary alicyclic amines) is 1. The normalized spacial score (nSPS) is 18.7. The Morgan fingerprint density at radius 2 is 1.65 bits per heavy atom. The number of carbonyl (C=O) groups excluding carboxylic acids is 2. The molecule has 0 unspecified atom stereocenters. The molecule has 31 heavy (non-hydrogen) atoms. The van der Waals surface area contributed by atoms with Crippen LogP contribution in [-0.2, 0) is 9.53 Å². The van der Waals surface area contributed by atoms with E-state index in [2.05, 4.69) is 26.8 Å². The molecule has 0 aliphatic carbocycles. The molecule has 0 saturated carbocycles. The molecule has 2 saturated heterocycles. The minimum absolute atomic E-state index is 0.146. The molecule has 7 nitrogen and oxygen atoms in total. The number of nitrogens with one attached hydrogen (secondary N) is 1. The molecule has 3 rings (SSSR count). The molecule has 1 N–H and O–H groups in total. The van der Waals surface area contributed by atoms with Crippen LogP contribution in [0.1, 0.15) is 19.8 Å². The minimum atomic E-state index is -4.55. The molecule has 1 aromatic rings. The van der Waals surface area contributed by atoms with Crippen molar-refractivity contribution >= 4 is 23.4 Å². The van der Waals surface area contributed by atoms with Crippen molar-refractivity contribution in [3.8, 4) is 0 Å². The first-order valence-electron chi connectivity index (χ1n) is 10.6. The SMILES string of the molecule is CCN1CCN(c2ccc(NC(=O)C3CCN(C(=O)OCC(F)(F)F)CC3)cc2)CC1. The van der Waals surface area contributed by atoms with Crippen LogP contribution in [0.3, 0.4) is 0 Å². The van der Waals surface area contributed by atoms with E-state index in [0.29, 0.717) is 18.5 Å². The summed E-state index contributed by atoms with van der Waals surface area (Å²) < 4.78 is 40.8. The highest BCUT2D eigenvalue weighted by Gasteiger charge is 2.33. The van der Waals surface area contributed by atoms with Crippen LogP contribution in [0.25, 0.3) is 0 Å². The molecule has 0 atom stereocenters. The number of piperazine rings is 1. The van der Waals surface area contributed by atoms with Crippen molar-refractivity contribution in [2.24, 2.45) is 5.92 Å². The highest BCUT2D eigenvalue weighted by atomic mass is 19.4. The number of rotatable bonds is 5. The molecule has 2 aliphatic heterocycles. The van der Waals surface area contributed by atoms with Gasteiger partial charge < -0.3 is 24.8 Å². The Balaban J connectivity index is 1.43. The van der Waals surface area contributed by atoms with Crippen molar-refractivity contribution in [2.45, 2.75) is 25.9 Å². The molecule has 1 aromatic carbocycles. The van der Waals surface area contributed by atoms with Crippen LogP contribution >= 0.6 is 0 Å². The van der Waals surface area contributed by atoms with Crippen LogP contribution in [0.15, 0.2) is 24.3 Å². The Kier molecular flexibility index (Phi) is 7.64. The summed E-state index contributed by atoms with van der Waals surface area (Å²) in [6.07, 6.45) is -4.78. The van der Waals surface area contributed by atoms with Crippen LogP contribution in [0.2, 0.25) is 0 Å². The molecule has 2 fully saturated rings. The summed E-state index contributed by atoms with van der Waals surface area (Å²) in [5, 5.41) is 2.90. The molecule has 0 radical (unpaired) electrons. The number of benzene rings is 1. The van der Waals surface area contributed by atoms with Crippen molar-refractivity contribution in [1.29, 1.82) is 0 Å². The Hall–Kier alpha value is -2.49. The zero-order valence-corrected chi connectivity index (χ0v) is 17.7. The maximum absolute atomic E-state index is 12.5. The Bertz CT molecular complexity index is 741. The first-order chi connectivity index (χ1) is 14.7. The smallest absolute Gasteiger partial charge is 0.422 e. The number of likely N-dealkylation sites (N-methyl/N-ethyl adjacent to an activating group) is 1. The number of carbonyl (C=O) groups is 2. The zero-order valence-electron chi connectivity index (χ0n) is 17.7. The molecule has 0 bridgehead atoms. The first kappa shape index (κ1) is 23.2. The highest BCUT2D eigenvalue weighted by molar-refractivity contribution is 5.92. The summed E-state index contributed by atoms with van der Waals surface area (Å²) in [4.78, 5) is 30.2. The average Bonchev–Trinajstić information content (AvgIpc) is 2.77. The molecule has 2 aliphatic rings. The first-order valence-corrected chi connectivity index (χ1v) is 10.6. The van der Waals surface area contributed by atoms with Gasteiger partial charge in [-0.3, -0.25) is 4.79 Å². The Morgan fingerprint density at radius 1 is 1.03 bits per heavy atom. The predicted octanol–water partition coefficient (Wildman–Crippen LogP) is 3.18. The van der Waals surface area contributed by atoms with Gasteiger partial charge in [0.1, 0.15) is 0 Å². The van der Waals surface area contributed by atoms with Crippen LogP contribution in [0.5, 0.6) is 0 Å². The number of halogens is 3. The van der Waals surface area contributed by atoms with E-state index in [1.54, 1.807) is 0 Å². The Morgan fingerprint density at radius 3 is 2.19 bits per heavy atom. The summed E-state index contributed by atoms with van der Waals surface area (Å²) in [7, 11) is 0. The number of nitrogens with zero attached hydrogens (tertiary/aromatic N) is 3. The van der Waals surface area contributed by atoms with E-state index >= 15 is 0 Å². The topological polar surface area (TPSA) is 65.1 Å². The lowest BCUT2D eigenvalue weighted by Gasteiger charge is -2.35. The lowest BCUT2D eigenvalue weighted by atomic mass is 9.96. The van der Waals surface area contributed by atoms with Crippen molar-refractivity contribution in [3.63, 3.8) is 0 Å². The standard InChI is InChI=1S/C21H29F3N4O3/c1-2-26-11-13-27(14-12-26)18-5-3-17(4-6-18)25-19(29)16-7-9-28(10-8-16)20(30)31-15-21(22,23)24/h3-6,16H,2,7-15H2,1H3,(H,25,29). The molecule has 2 heterocycles. The van der Waals surface area contributed by atoms with Crippen molar-refractivity contribution in [1.82, 2.24) is 9.80 Å². The fourth-order valence-corrected chi connectivity index (χ4v) is 3.88. The predicted molar refractivity (Wildman–Crippen MR) is 111 cm³/mol. The lowest BCUT2D eigenvalue weighted by molar-refractivity contribution is -0.162. The second-order valence-electron chi connectivity index (χ2n) is 7.89. The minimum Gasteiger partial charge on any atom is -0.440 e. The quantitative estimate of drug-likeness (QED) is 0.759. The van der Waals surface area contributed by atoms with Crippen LogP contribution in [0.4, 0.5) is 29.3 Å². The number of amides is 2. The van der Waals surface area contributed by atoms with E-state index in [0.717, 1.165) is 38.4 Å². The fourth-order valence-electron chi connectivity index (χ4n) is 3.88. The second-order valence-corrected chi connectivity index (χ2v) is 7.89. The lowest BCUT2D eigenvalue weighted by Crippen LogP contribution is -2.46. The summed E-state index contributed by atoms with van der Waals surface area (Å²) in [6, 6.07) is 7.75. The van der Waals surface area contributed by atoms with Gasteiger partial charge in [0.05, 0.1) is 0 Å². The van der Waals surface area contributed by atoms with E-state index < -0.39 is 18.9 Å². The van der Waals surface area contributed by atoms with Gasteiger partial charge >= 0.3 is 12.3 Å². The molecule has 10 heteroatoms. The third-order valence-electron chi connectivity index (χ3n) is 5.80. The third-order valence-corrected chi connectivity index (χ3v) is 5.80. The van der Waals surface area contributed by atoms with Crippen LogP contribution < -0.4 is 10.2 Å². The van der Waals surface area contributed by atoms with Gasteiger partial charge in [0.15, 0.2) is 6.61 Å². The number of hydrogen-bond acceptors (Lipinski definition) is 5. The summed E-state index contributed by atoms with van der Waals surface area (Å²) >= 11 is 0. The van der Waals surface area contributed by atoms with E-state index in [1.165, 1.54) is 4.90 Å². The number of piperidine rings is 1. The fraction of sp³-hybridized carbons (Fsp3) is 0.619. The van der Waals surface area contributed by atoms with Gasteiger partial charge in [0.2, 0.25) is 5.91 Å². The van der Waals surface area contributed by atoms with E-state index in [1.807, 2.05) is 24.3 Å². The van der Waals surface area contributed by atoms with Crippen molar-refractivity contribution < 1.29 is 27.5 Å². The Labute approximate surface area is 180 Å². The van der Waals surface area contributed by atoms with E-state index in [4.69, 9.17) is 0 Å². The molecular formula is C21H29F3N4O3. The van der Waals surface area contributed by atoms with Gasteiger partial charge in [-0.1, -0.05) is 6.92 Å². The monoisotopic (exact) mass is 442 g/mol. The largest absolute Gasteiger partial charge is 0.440 e. The maximum atomic E-state index is 12.5. The van der Waals surface area contributed by atoms with Gasteiger partial charge in [-0.05, 0) is 43.7 Å². The van der Waals surface area contributed by atoms with Gasteiger partial charge in [-0.25, -0.2) is 4.79 Å². The number of hydrogen-bond donors (Lipinski definition) is 1. The number of alkyl halides is 3. The summed E-state index contributed by atoms with van der Waals surface area (Å²) in [5.41, 5.74) is 1.83. The summed E-state index contributed by atoms with van der Waals surface area (Å²) in [6.45, 7) is 6.04. The van der Waals surface area contributed by atoms with E-state index in [-0.39, 0.29) is 24.9 Å². The van der Waals surface area contributed by atoms with E-state index in [9.17, 15) is 22.8 Å². The number of ether oxygens (including phenoxy) is 1. The van der Waals surface area contributed by atoms with Crippen molar-refractivity contribution in [3.05, 3.63) is 24.3 Å². The number of anilines is 2. The molecule has 2 amide bonds. The van der Waals surface area contributed by atoms with Crippen molar-refractivity contribution in [2.75, 3.05) is 62.6 Å². The average molecular weight is 442 g/mol. The molecule has 0 spiro atoms. The summed E-state index contributed by atoms with van der Waals surface area (Å²) in [5.74, 6) is -0.443. The maximum Gasteiger partial charge on any atom is 0.422 e. The zero-order chi connectivity index (χ0) is 22.4. The molecule has 172 valence electrons. The third kappa shape index (κ3) is 6.75. The highest BCUT2D eigenvalue weighted by Crippen LogP contribution is 2.23. The molecular weight excluding hydrogens is 413 g/mol. The van der Waals surface area contributed by atoms with Gasteiger partial charge in [0, 0.05) is 56.6 Å². The molecule has 0 aromatic heterocycles. The van der Waals surface area contributed by atoms with Crippen LogP contribution in [-0.4, -0.2) is 80.4 Å². The van der Waals surface area contributed by atoms with Gasteiger partial charge in [-0.15, -0.1) is 0 Å².